The summed E-state index contributed by atoms with van der Waals surface area (Å²) in [7, 11) is 1.67. The lowest BCUT2D eigenvalue weighted by Crippen LogP contribution is -2.24. The average Bonchev–Trinajstić information content (AvgIpc) is 2.98. The number of aliphatic hydroxyl groups is 1. The first-order valence-corrected chi connectivity index (χ1v) is 7.18. The Bertz CT molecular complexity index is 499. The molecule has 3 nitrogen and oxygen atoms in total. The third-order valence-electron chi connectivity index (χ3n) is 3.09. The van der Waals surface area contributed by atoms with Crippen molar-refractivity contribution in [3.63, 3.8) is 0 Å². The van der Waals surface area contributed by atoms with Gasteiger partial charge in [-0.1, -0.05) is 24.3 Å². The lowest BCUT2D eigenvalue weighted by atomic mass is 10.1. The molecule has 4 heteroatoms. The third kappa shape index (κ3) is 3.56. The van der Waals surface area contributed by atoms with Crippen LogP contribution in [0.15, 0.2) is 41.8 Å². The number of hydrogen-bond donors (Lipinski definition) is 2. The van der Waals surface area contributed by atoms with Crippen molar-refractivity contribution in [2.75, 3.05) is 13.7 Å². The van der Waals surface area contributed by atoms with Crippen LogP contribution >= 0.6 is 11.3 Å². The summed E-state index contributed by atoms with van der Waals surface area (Å²) in [5, 5.41) is 15.4. The van der Waals surface area contributed by atoms with Crippen molar-refractivity contribution < 1.29 is 9.84 Å². The maximum atomic E-state index is 10.0. The number of ether oxygens (including phenoxy) is 1. The van der Waals surface area contributed by atoms with Crippen molar-refractivity contribution in [2.24, 2.45) is 0 Å². The van der Waals surface area contributed by atoms with E-state index in [1.165, 1.54) is 0 Å². The van der Waals surface area contributed by atoms with Gasteiger partial charge in [0, 0.05) is 23.0 Å². The summed E-state index contributed by atoms with van der Waals surface area (Å²) in [6.07, 6.45) is -0.461. The molecule has 0 saturated heterocycles. The summed E-state index contributed by atoms with van der Waals surface area (Å²) in [5.74, 6) is 0.869. The molecule has 0 saturated carbocycles. The zero-order chi connectivity index (χ0) is 13.7. The minimum atomic E-state index is -0.461. The molecule has 1 unspecified atom stereocenters. The minimum absolute atomic E-state index is 0.130. The molecule has 0 radical (unpaired) electrons. The molecule has 102 valence electrons. The van der Waals surface area contributed by atoms with Crippen LogP contribution in [0, 0.1) is 0 Å². The topological polar surface area (TPSA) is 41.5 Å². The van der Waals surface area contributed by atoms with Crippen molar-refractivity contribution in [3.05, 3.63) is 52.2 Å². The van der Waals surface area contributed by atoms with Gasteiger partial charge in [0.15, 0.2) is 0 Å². The Hall–Kier alpha value is -1.36. The normalized spacial score (nSPS) is 14.1. The quantitative estimate of drug-likeness (QED) is 0.852. The Morgan fingerprint density at radius 3 is 2.74 bits per heavy atom. The van der Waals surface area contributed by atoms with Crippen LogP contribution in [0.1, 0.15) is 29.5 Å². The van der Waals surface area contributed by atoms with Gasteiger partial charge in [0.1, 0.15) is 11.9 Å². The second-order valence-electron chi connectivity index (χ2n) is 4.40. The number of methoxy groups -OCH3 is 1. The zero-order valence-corrected chi connectivity index (χ0v) is 12.0. The molecule has 0 amide bonds. The number of nitrogens with one attached hydrogen (secondary N) is 1. The molecule has 0 aliphatic heterocycles. The lowest BCUT2D eigenvalue weighted by molar-refractivity contribution is 0.174. The Balaban J connectivity index is 1.96. The van der Waals surface area contributed by atoms with Crippen LogP contribution in [0.25, 0.3) is 0 Å². The average molecular weight is 277 g/mol. The highest BCUT2D eigenvalue weighted by Crippen LogP contribution is 2.25. The van der Waals surface area contributed by atoms with Crippen molar-refractivity contribution in [3.8, 4) is 5.75 Å². The van der Waals surface area contributed by atoms with Gasteiger partial charge in [-0.15, -0.1) is 11.3 Å². The fourth-order valence-corrected chi connectivity index (χ4v) is 2.72. The first-order chi connectivity index (χ1) is 9.22. The lowest BCUT2D eigenvalue weighted by Gasteiger charge is -2.19. The number of thiophene rings is 1. The fraction of sp³-hybridized carbons (Fsp3) is 0.333. The highest BCUT2D eigenvalue weighted by atomic mass is 32.1. The maximum absolute atomic E-state index is 10.0. The molecule has 19 heavy (non-hydrogen) atoms. The number of hydrogen-bond acceptors (Lipinski definition) is 4. The summed E-state index contributed by atoms with van der Waals surface area (Å²) in [4.78, 5) is 0.986. The van der Waals surface area contributed by atoms with Crippen molar-refractivity contribution >= 4 is 11.3 Å². The summed E-state index contributed by atoms with van der Waals surface area (Å²) < 4.78 is 5.35. The molecular weight excluding hydrogens is 258 g/mol. The molecule has 1 aromatic carbocycles. The predicted molar refractivity (Wildman–Crippen MR) is 78.7 cm³/mol. The minimum Gasteiger partial charge on any atom is -0.496 e. The summed E-state index contributed by atoms with van der Waals surface area (Å²) >= 11 is 1.57. The van der Waals surface area contributed by atoms with E-state index in [-0.39, 0.29) is 6.04 Å². The molecule has 0 aliphatic carbocycles. The predicted octanol–water partition coefficient (Wildman–Crippen LogP) is 3.14. The molecule has 0 fully saturated rings. The molecule has 2 rings (SSSR count). The van der Waals surface area contributed by atoms with Gasteiger partial charge in [0.05, 0.1) is 7.11 Å². The van der Waals surface area contributed by atoms with Crippen LogP contribution in [-0.4, -0.2) is 18.8 Å². The summed E-state index contributed by atoms with van der Waals surface area (Å²) in [6, 6.07) is 12.0. The van der Waals surface area contributed by atoms with Crippen molar-refractivity contribution in [2.45, 2.75) is 19.1 Å². The Morgan fingerprint density at radius 1 is 1.26 bits per heavy atom. The van der Waals surface area contributed by atoms with E-state index in [4.69, 9.17) is 4.74 Å². The van der Waals surface area contributed by atoms with Crippen LogP contribution < -0.4 is 10.1 Å². The second-order valence-corrected chi connectivity index (χ2v) is 5.38. The highest BCUT2D eigenvalue weighted by Gasteiger charge is 2.13. The van der Waals surface area contributed by atoms with E-state index >= 15 is 0 Å². The zero-order valence-electron chi connectivity index (χ0n) is 11.2. The summed E-state index contributed by atoms with van der Waals surface area (Å²) in [6.45, 7) is 2.60. The van der Waals surface area contributed by atoms with Gasteiger partial charge >= 0.3 is 0 Å². The number of benzene rings is 1. The van der Waals surface area contributed by atoms with Crippen molar-refractivity contribution in [1.29, 1.82) is 0 Å². The molecule has 1 heterocycles. The molecule has 1 aromatic heterocycles. The molecule has 0 bridgehead atoms. The second kappa shape index (κ2) is 6.70. The molecule has 0 spiro atoms. The Labute approximate surface area is 117 Å². The Morgan fingerprint density at radius 2 is 2.05 bits per heavy atom. The van der Waals surface area contributed by atoms with Crippen LogP contribution in [0.2, 0.25) is 0 Å². The molecule has 2 aromatic rings. The largest absolute Gasteiger partial charge is 0.496 e. The first-order valence-electron chi connectivity index (χ1n) is 6.30. The number of para-hydroxylation sites is 1. The van der Waals surface area contributed by atoms with Crippen LogP contribution in [0.3, 0.4) is 0 Å². The van der Waals surface area contributed by atoms with E-state index in [9.17, 15) is 5.11 Å². The molecule has 2 atom stereocenters. The first kappa shape index (κ1) is 14.1. The molecule has 0 aliphatic rings. The van der Waals surface area contributed by atoms with Crippen LogP contribution in [-0.2, 0) is 0 Å². The smallest absolute Gasteiger partial charge is 0.123 e. The maximum Gasteiger partial charge on any atom is 0.123 e. The van der Waals surface area contributed by atoms with Gasteiger partial charge in [0.2, 0.25) is 0 Å². The fourth-order valence-electron chi connectivity index (χ4n) is 2.00. The van der Waals surface area contributed by atoms with Crippen LogP contribution in [0.4, 0.5) is 0 Å². The SMILES string of the molecule is COc1ccccc1[C@@H](C)NCC(O)c1cccs1. The van der Waals surface area contributed by atoms with Gasteiger partial charge in [-0.05, 0) is 24.4 Å². The van der Waals surface area contributed by atoms with E-state index < -0.39 is 6.10 Å². The van der Waals surface area contributed by atoms with Crippen molar-refractivity contribution in [1.82, 2.24) is 5.32 Å². The third-order valence-corrected chi connectivity index (χ3v) is 4.07. The van der Waals surface area contributed by atoms with Gasteiger partial charge in [-0.2, -0.15) is 0 Å². The van der Waals surface area contributed by atoms with E-state index in [2.05, 4.69) is 12.2 Å². The standard InChI is InChI=1S/C15H19NO2S/c1-11(12-6-3-4-7-14(12)18-2)16-10-13(17)15-8-5-9-19-15/h3-9,11,13,16-17H,10H2,1-2H3/t11-,13?/m1/s1. The van der Waals surface area contributed by atoms with Gasteiger partial charge in [-0.3, -0.25) is 0 Å². The summed E-state index contributed by atoms with van der Waals surface area (Å²) in [5.41, 5.74) is 1.10. The van der Waals surface area contributed by atoms with E-state index in [1.54, 1.807) is 18.4 Å². The van der Waals surface area contributed by atoms with E-state index in [1.807, 2.05) is 41.8 Å². The highest BCUT2D eigenvalue weighted by molar-refractivity contribution is 7.10. The van der Waals surface area contributed by atoms with Gasteiger partial charge < -0.3 is 15.2 Å². The van der Waals surface area contributed by atoms with Gasteiger partial charge in [0.25, 0.3) is 0 Å². The number of aliphatic hydroxyl groups excluding tert-OH is 1. The monoisotopic (exact) mass is 277 g/mol. The van der Waals surface area contributed by atoms with Crippen LogP contribution in [0.5, 0.6) is 5.75 Å². The molecular formula is C15H19NO2S. The number of rotatable bonds is 6. The van der Waals surface area contributed by atoms with Gasteiger partial charge in [-0.25, -0.2) is 0 Å². The van der Waals surface area contributed by atoms with E-state index in [0.717, 1.165) is 16.2 Å². The molecule has 2 N–H and O–H groups in total. The Kier molecular flexibility index (Phi) is 4.96. The van der Waals surface area contributed by atoms with E-state index in [0.29, 0.717) is 6.54 Å².